The lowest BCUT2D eigenvalue weighted by Gasteiger charge is -1.98. The molecule has 0 spiro atoms. The van der Waals surface area contributed by atoms with Gasteiger partial charge in [0, 0.05) is 6.92 Å². The summed E-state index contributed by atoms with van der Waals surface area (Å²) < 4.78 is 5.89. The van der Waals surface area contributed by atoms with Crippen LogP contribution in [0.2, 0.25) is 0 Å². The SMILES string of the molecule is Cc1ncc([N+](=O)[O-])n1CCO.[SiH3]O[SiH3]. The van der Waals surface area contributed by atoms with Crippen molar-refractivity contribution in [2.45, 2.75) is 13.5 Å². The second-order valence-corrected chi connectivity index (χ2v) is 5.97. The van der Waals surface area contributed by atoms with E-state index in [2.05, 4.69) is 9.10 Å². The minimum atomic E-state index is -0.518. The van der Waals surface area contributed by atoms with Crippen LogP contribution < -0.4 is 0 Å². The topological polar surface area (TPSA) is 90.4 Å². The summed E-state index contributed by atoms with van der Waals surface area (Å²) in [5.74, 6) is 0.456. The molecule has 0 unspecified atom stereocenters. The van der Waals surface area contributed by atoms with Crippen LogP contribution in [0.15, 0.2) is 6.20 Å². The smallest absolute Gasteiger partial charge is 0.342 e. The number of rotatable bonds is 3. The second kappa shape index (κ2) is 7.28. The quantitative estimate of drug-likeness (QED) is 0.368. The molecule has 1 heterocycles. The number of nitro groups is 1. The fourth-order valence-electron chi connectivity index (χ4n) is 0.978. The molecule has 9 heteroatoms. The first-order valence-corrected chi connectivity index (χ1v) is 5.89. The maximum Gasteiger partial charge on any atom is 0.342 e. The first-order chi connectivity index (χ1) is 7.08. The predicted molar refractivity (Wildman–Crippen MR) is 61.7 cm³/mol. The molecule has 0 aromatic carbocycles. The summed E-state index contributed by atoms with van der Waals surface area (Å²) in [6.07, 6.45) is 1.19. The Kier molecular flexibility index (Phi) is 6.78. The highest BCUT2D eigenvalue weighted by atomic mass is 28.3. The summed E-state index contributed by atoms with van der Waals surface area (Å²) in [6, 6.07) is 0. The Morgan fingerprint density at radius 2 is 2.27 bits per heavy atom. The number of aromatic nitrogens is 2. The molecule has 0 saturated heterocycles. The van der Waals surface area contributed by atoms with E-state index in [4.69, 9.17) is 5.11 Å². The summed E-state index contributed by atoms with van der Waals surface area (Å²) in [5, 5.41) is 19.0. The fourth-order valence-corrected chi connectivity index (χ4v) is 0.978. The molecule has 0 bridgehead atoms. The monoisotopic (exact) mass is 249 g/mol. The number of nitrogens with zero attached hydrogens (tertiary/aromatic N) is 3. The summed E-state index contributed by atoms with van der Waals surface area (Å²) >= 11 is 0. The highest BCUT2D eigenvalue weighted by Gasteiger charge is 2.15. The van der Waals surface area contributed by atoms with Gasteiger partial charge in [0.1, 0.15) is 33.7 Å². The average molecular weight is 249 g/mol. The first-order valence-electron chi connectivity index (χ1n) is 4.26. The number of hydrogen-bond donors (Lipinski definition) is 1. The van der Waals surface area contributed by atoms with E-state index in [-0.39, 0.29) is 19.0 Å². The third-order valence-electron chi connectivity index (χ3n) is 1.54. The molecule has 0 atom stereocenters. The van der Waals surface area contributed by atoms with Crippen LogP contribution in [0.1, 0.15) is 5.82 Å². The normalized spacial score (nSPS) is 9.73. The van der Waals surface area contributed by atoms with Gasteiger partial charge in [-0.15, -0.1) is 0 Å². The van der Waals surface area contributed by atoms with Crippen LogP contribution >= 0.6 is 0 Å². The maximum atomic E-state index is 10.4. The molecule has 0 fully saturated rings. The van der Waals surface area contributed by atoms with Gasteiger partial charge in [0.25, 0.3) is 0 Å². The molecule has 0 saturated carbocycles. The number of aliphatic hydroxyl groups is 1. The molecule has 15 heavy (non-hydrogen) atoms. The highest BCUT2D eigenvalue weighted by molar-refractivity contribution is 6.15. The average Bonchev–Trinajstić information content (AvgIpc) is 2.50. The number of imidazole rings is 1. The summed E-state index contributed by atoms with van der Waals surface area (Å²) in [5.41, 5.74) is 0. The highest BCUT2D eigenvalue weighted by Crippen LogP contribution is 2.12. The zero-order valence-corrected chi connectivity index (χ0v) is 13.0. The van der Waals surface area contributed by atoms with Crippen LogP contribution in [0.4, 0.5) is 5.82 Å². The van der Waals surface area contributed by atoms with Gasteiger partial charge < -0.3 is 19.3 Å². The van der Waals surface area contributed by atoms with Crippen molar-refractivity contribution >= 4 is 26.8 Å². The van der Waals surface area contributed by atoms with Gasteiger partial charge in [0.15, 0.2) is 5.82 Å². The zero-order valence-electron chi connectivity index (χ0n) is 9.01. The molecule has 86 valence electrons. The van der Waals surface area contributed by atoms with E-state index in [1.165, 1.54) is 10.8 Å². The van der Waals surface area contributed by atoms with Crippen molar-refractivity contribution in [1.82, 2.24) is 9.55 Å². The van der Waals surface area contributed by atoms with Gasteiger partial charge in [0.05, 0.1) is 6.61 Å². The minimum absolute atomic E-state index is 0.0819. The summed E-state index contributed by atoms with van der Waals surface area (Å²) in [4.78, 5) is 13.6. The van der Waals surface area contributed by atoms with Crippen LogP contribution in [-0.2, 0) is 10.7 Å². The third kappa shape index (κ3) is 4.33. The zero-order chi connectivity index (χ0) is 11.8. The van der Waals surface area contributed by atoms with Crippen LogP contribution in [0, 0.1) is 17.0 Å². The van der Waals surface area contributed by atoms with Crippen molar-refractivity contribution in [3.63, 3.8) is 0 Å². The molecule has 0 radical (unpaired) electrons. The summed E-state index contributed by atoms with van der Waals surface area (Å²) in [7, 11) is 1.86. The molecule has 0 aliphatic carbocycles. The summed E-state index contributed by atoms with van der Waals surface area (Å²) in [6.45, 7) is 1.74. The molecule has 1 N–H and O–H groups in total. The van der Waals surface area contributed by atoms with E-state index in [0.717, 1.165) is 21.0 Å². The number of aryl methyl sites for hydroxylation is 1. The van der Waals surface area contributed by atoms with Gasteiger partial charge in [-0.25, -0.2) is 9.55 Å². The van der Waals surface area contributed by atoms with Crippen molar-refractivity contribution < 1.29 is 14.1 Å². The third-order valence-corrected chi connectivity index (χ3v) is 1.54. The van der Waals surface area contributed by atoms with E-state index in [1.54, 1.807) is 6.92 Å². The van der Waals surface area contributed by atoms with Crippen molar-refractivity contribution in [1.29, 1.82) is 0 Å². The second-order valence-electron chi connectivity index (χ2n) is 2.70. The Bertz CT molecular complexity index is 317. The molecule has 7 nitrogen and oxygen atoms in total. The molecule has 0 aliphatic heterocycles. The number of hydrogen-bond acceptors (Lipinski definition) is 5. The van der Waals surface area contributed by atoms with Crippen LogP contribution in [0.25, 0.3) is 0 Å². The Hall–Kier alpha value is -1.04. The van der Waals surface area contributed by atoms with Crippen molar-refractivity contribution in [2.24, 2.45) is 0 Å². The Morgan fingerprint density at radius 1 is 1.73 bits per heavy atom. The fraction of sp³-hybridized carbons (Fsp3) is 0.500. The van der Waals surface area contributed by atoms with Crippen LogP contribution in [0.5, 0.6) is 0 Å². The van der Waals surface area contributed by atoms with Gasteiger partial charge in [-0.2, -0.15) is 0 Å². The first kappa shape index (κ1) is 14.0. The predicted octanol–water partition coefficient (Wildman–Crippen LogP) is -2.34. The van der Waals surface area contributed by atoms with Gasteiger partial charge in [-0.1, -0.05) is 0 Å². The van der Waals surface area contributed by atoms with Gasteiger partial charge >= 0.3 is 5.82 Å². The van der Waals surface area contributed by atoms with E-state index < -0.39 is 4.92 Å². The van der Waals surface area contributed by atoms with E-state index in [1.807, 2.05) is 0 Å². The lowest BCUT2D eigenvalue weighted by atomic mass is 10.6. The standard InChI is InChI=1S/C6H9N3O3.H6OSi2/c1-5-7-4-6(9(11)12)8(5)2-3-10;2-1-3/h4,10H,2-3H2,1H3;2-3H3. The van der Waals surface area contributed by atoms with Gasteiger partial charge in [-0.3, -0.25) is 0 Å². The number of aliphatic hydroxyl groups excluding tert-OH is 1. The lowest BCUT2D eigenvalue weighted by molar-refractivity contribution is -0.392. The molecule has 1 aromatic heterocycles. The van der Waals surface area contributed by atoms with Crippen LogP contribution in [-0.4, -0.2) is 47.2 Å². The maximum absolute atomic E-state index is 10.4. The van der Waals surface area contributed by atoms with Gasteiger partial charge in [0.2, 0.25) is 0 Å². The Balaban J connectivity index is 0.000000583. The largest absolute Gasteiger partial charge is 0.471 e. The van der Waals surface area contributed by atoms with Crippen molar-refractivity contribution in [3.8, 4) is 0 Å². The molecular formula is C6H15N3O4Si2. The van der Waals surface area contributed by atoms with Crippen molar-refractivity contribution in [2.75, 3.05) is 6.61 Å². The molecular weight excluding hydrogens is 234 g/mol. The van der Waals surface area contributed by atoms with E-state index in [9.17, 15) is 10.1 Å². The van der Waals surface area contributed by atoms with E-state index >= 15 is 0 Å². The van der Waals surface area contributed by atoms with Gasteiger partial charge in [-0.05, 0) is 4.92 Å². The molecule has 1 aromatic rings. The van der Waals surface area contributed by atoms with Crippen LogP contribution in [0.3, 0.4) is 0 Å². The molecule has 0 amide bonds. The van der Waals surface area contributed by atoms with E-state index in [0.29, 0.717) is 5.82 Å². The molecule has 1 rings (SSSR count). The molecule has 0 aliphatic rings. The van der Waals surface area contributed by atoms with Crippen molar-refractivity contribution in [3.05, 3.63) is 22.1 Å². The minimum Gasteiger partial charge on any atom is -0.471 e. The lowest BCUT2D eigenvalue weighted by Crippen LogP contribution is -2.07. The Labute approximate surface area is 93.3 Å². The Morgan fingerprint density at radius 3 is 2.67 bits per heavy atom.